The summed E-state index contributed by atoms with van der Waals surface area (Å²) in [6.07, 6.45) is -6.07. The Kier molecular flexibility index (Phi) is 6.97. The van der Waals surface area contributed by atoms with Crippen LogP contribution in [0.25, 0.3) is 10.4 Å². The Morgan fingerprint density at radius 1 is 1.09 bits per heavy atom. The average molecular weight is 489 g/mol. The van der Waals surface area contributed by atoms with Crippen molar-refractivity contribution in [2.24, 2.45) is 0 Å². The molecule has 1 fully saturated rings. The van der Waals surface area contributed by atoms with Crippen molar-refractivity contribution >= 4 is 17.1 Å². The van der Waals surface area contributed by atoms with Crippen molar-refractivity contribution in [1.82, 2.24) is 0 Å². The summed E-state index contributed by atoms with van der Waals surface area (Å²) < 4.78 is 24.5. The van der Waals surface area contributed by atoms with Gasteiger partial charge in [-0.25, -0.2) is 4.39 Å². The molecule has 34 heavy (non-hydrogen) atoms. The summed E-state index contributed by atoms with van der Waals surface area (Å²) in [5.41, 5.74) is 2.03. The smallest absolute Gasteiger partial charge is 0.224 e. The van der Waals surface area contributed by atoms with Crippen molar-refractivity contribution in [2.75, 3.05) is 13.7 Å². The maximum atomic E-state index is 13.4. The fourth-order valence-corrected chi connectivity index (χ4v) is 5.08. The Balaban J connectivity index is 1.71. The summed E-state index contributed by atoms with van der Waals surface area (Å²) in [5, 5.41) is 40.8. The Bertz CT molecular complexity index is 1180. The minimum Gasteiger partial charge on any atom is -0.394 e. The number of carbonyl (C=O) groups excluding carboxylic acids is 1. The van der Waals surface area contributed by atoms with Crippen LogP contribution >= 0.6 is 11.3 Å². The highest BCUT2D eigenvalue weighted by molar-refractivity contribution is 7.17. The van der Waals surface area contributed by atoms with E-state index in [0.29, 0.717) is 16.0 Å². The zero-order valence-corrected chi connectivity index (χ0v) is 19.3. The van der Waals surface area contributed by atoms with Crippen LogP contribution < -0.4 is 0 Å². The SMILES string of the molecule is COC1(c2ccc(C)c(C(=O)c3ccc(-c4ccc(F)cc4)s3)c2)O[C@H](CO)[C@@H](O)[C@H](O)[C@H]1O. The van der Waals surface area contributed by atoms with Crippen molar-refractivity contribution in [3.05, 3.63) is 82.0 Å². The number of halogens is 1. The van der Waals surface area contributed by atoms with Crippen molar-refractivity contribution in [3.8, 4) is 10.4 Å². The van der Waals surface area contributed by atoms with E-state index in [0.717, 1.165) is 10.4 Å². The lowest BCUT2D eigenvalue weighted by atomic mass is 9.86. The average Bonchev–Trinajstić information content (AvgIpc) is 3.34. The van der Waals surface area contributed by atoms with Crippen molar-refractivity contribution in [1.29, 1.82) is 0 Å². The number of aliphatic hydroxyl groups is 4. The van der Waals surface area contributed by atoms with Crippen LogP contribution in [0, 0.1) is 12.7 Å². The molecule has 1 aliphatic rings. The molecule has 1 saturated heterocycles. The highest BCUT2D eigenvalue weighted by Crippen LogP contribution is 2.40. The number of carbonyl (C=O) groups is 1. The Hall–Kier alpha value is -2.50. The maximum Gasteiger partial charge on any atom is 0.224 e. The first kappa shape index (κ1) is 24.6. The largest absolute Gasteiger partial charge is 0.394 e. The fourth-order valence-electron chi connectivity index (χ4n) is 4.11. The van der Waals surface area contributed by atoms with Crippen LogP contribution in [0.1, 0.15) is 26.4 Å². The normalized spacial score (nSPS) is 27.0. The number of aryl methyl sites for hydroxylation is 1. The molecule has 9 heteroatoms. The number of thiophene rings is 1. The third-order valence-electron chi connectivity index (χ3n) is 6.10. The lowest BCUT2D eigenvalue weighted by Crippen LogP contribution is -2.64. The number of benzene rings is 2. The molecule has 5 atom stereocenters. The van der Waals surface area contributed by atoms with Gasteiger partial charge in [-0.2, -0.15) is 0 Å². The fraction of sp³-hybridized carbons (Fsp3) is 0.320. The third-order valence-corrected chi connectivity index (χ3v) is 7.23. The van der Waals surface area contributed by atoms with Crippen molar-refractivity contribution < 1.29 is 39.1 Å². The van der Waals surface area contributed by atoms with Gasteiger partial charge in [0.15, 0.2) is 0 Å². The maximum absolute atomic E-state index is 13.4. The molecule has 1 aliphatic heterocycles. The van der Waals surface area contributed by atoms with E-state index in [2.05, 4.69) is 0 Å². The molecule has 0 saturated carbocycles. The van der Waals surface area contributed by atoms with Gasteiger partial charge < -0.3 is 29.9 Å². The van der Waals surface area contributed by atoms with Gasteiger partial charge in [0.05, 0.1) is 11.5 Å². The second kappa shape index (κ2) is 9.63. The number of methoxy groups -OCH3 is 1. The summed E-state index contributed by atoms with van der Waals surface area (Å²) in [6.45, 7) is 1.15. The standard InChI is InChI=1S/C25H25FO7S/c1-13-3-6-15(25(32-2)24(31)23(30)22(29)18(12-27)33-25)11-17(13)21(28)20-10-9-19(34-20)14-4-7-16(26)8-5-14/h3-11,18,22-24,27,29-31H,12H2,1-2H3/t18-,22-,23+,24-,25?/m1/s1. The molecule has 4 rings (SSSR count). The van der Waals surface area contributed by atoms with Crippen molar-refractivity contribution in [3.63, 3.8) is 0 Å². The highest BCUT2D eigenvalue weighted by atomic mass is 32.1. The predicted molar refractivity (Wildman–Crippen MR) is 123 cm³/mol. The van der Waals surface area contributed by atoms with E-state index in [1.165, 1.54) is 36.6 Å². The Labute approximate surface area is 199 Å². The van der Waals surface area contributed by atoms with Crippen LogP contribution in [-0.4, -0.2) is 64.3 Å². The molecule has 180 valence electrons. The van der Waals surface area contributed by atoms with Gasteiger partial charge in [0.2, 0.25) is 11.6 Å². The number of rotatable bonds is 6. The zero-order chi connectivity index (χ0) is 24.6. The van der Waals surface area contributed by atoms with Gasteiger partial charge in [-0.15, -0.1) is 11.3 Å². The van der Waals surface area contributed by atoms with Crippen LogP contribution in [0.15, 0.2) is 54.6 Å². The van der Waals surface area contributed by atoms with E-state index in [4.69, 9.17) is 9.47 Å². The lowest BCUT2D eigenvalue weighted by molar-refractivity contribution is -0.366. The summed E-state index contributed by atoms with van der Waals surface area (Å²) in [4.78, 5) is 14.7. The van der Waals surface area contributed by atoms with E-state index in [9.17, 15) is 29.6 Å². The topological polar surface area (TPSA) is 116 Å². The number of ketones is 1. The van der Waals surface area contributed by atoms with Gasteiger partial charge in [0.1, 0.15) is 30.2 Å². The lowest BCUT2D eigenvalue weighted by Gasteiger charge is -2.47. The van der Waals surface area contributed by atoms with Gasteiger partial charge in [0.25, 0.3) is 0 Å². The van der Waals surface area contributed by atoms with Crippen LogP contribution in [0.2, 0.25) is 0 Å². The monoisotopic (exact) mass is 488 g/mol. The number of hydrogen-bond donors (Lipinski definition) is 4. The molecule has 0 amide bonds. The quantitative estimate of drug-likeness (QED) is 0.394. The van der Waals surface area contributed by atoms with Gasteiger partial charge in [0, 0.05) is 23.1 Å². The van der Waals surface area contributed by atoms with Gasteiger partial charge in [-0.05, 0) is 48.4 Å². The second-order valence-corrected chi connectivity index (χ2v) is 9.25. The molecule has 4 N–H and O–H groups in total. The molecular weight excluding hydrogens is 463 g/mol. The van der Waals surface area contributed by atoms with Crippen LogP contribution in [0.3, 0.4) is 0 Å². The Morgan fingerprint density at radius 3 is 2.44 bits per heavy atom. The van der Waals surface area contributed by atoms with E-state index < -0.39 is 36.8 Å². The highest BCUT2D eigenvalue weighted by Gasteiger charge is 2.55. The molecule has 3 aromatic rings. The predicted octanol–water partition coefficient (Wildman–Crippen LogP) is 2.37. The Morgan fingerprint density at radius 2 is 1.79 bits per heavy atom. The van der Waals surface area contributed by atoms with E-state index in [1.807, 2.05) is 0 Å². The molecule has 2 heterocycles. The van der Waals surface area contributed by atoms with E-state index >= 15 is 0 Å². The number of aliphatic hydroxyl groups excluding tert-OH is 4. The van der Waals surface area contributed by atoms with Crippen molar-refractivity contribution in [2.45, 2.75) is 37.1 Å². The first-order valence-corrected chi connectivity index (χ1v) is 11.4. The first-order valence-electron chi connectivity index (χ1n) is 10.6. The van der Waals surface area contributed by atoms with Gasteiger partial charge in [-0.1, -0.05) is 24.3 Å². The third kappa shape index (κ3) is 4.20. The van der Waals surface area contributed by atoms with Crippen LogP contribution in [-0.2, 0) is 15.3 Å². The first-order chi connectivity index (χ1) is 16.2. The summed E-state index contributed by atoms with van der Waals surface area (Å²) in [5.74, 6) is -2.53. The molecule has 1 unspecified atom stereocenters. The number of ether oxygens (including phenoxy) is 2. The molecule has 0 bridgehead atoms. The van der Waals surface area contributed by atoms with Gasteiger partial charge in [-0.3, -0.25) is 4.79 Å². The minimum absolute atomic E-state index is 0.246. The second-order valence-electron chi connectivity index (χ2n) is 8.17. The summed E-state index contributed by atoms with van der Waals surface area (Å²) in [6, 6.07) is 14.3. The number of hydrogen-bond acceptors (Lipinski definition) is 8. The summed E-state index contributed by atoms with van der Waals surface area (Å²) >= 11 is 1.27. The van der Waals surface area contributed by atoms with E-state index in [1.54, 1.807) is 43.3 Å². The van der Waals surface area contributed by atoms with Crippen LogP contribution in [0.4, 0.5) is 4.39 Å². The molecular formula is C25H25FO7S. The molecule has 0 aliphatic carbocycles. The van der Waals surface area contributed by atoms with E-state index in [-0.39, 0.29) is 17.2 Å². The molecule has 7 nitrogen and oxygen atoms in total. The molecule has 0 radical (unpaired) electrons. The molecule has 1 aromatic heterocycles. The van der Waals surface area contributed by atoms with Gasteiger partial charge >= 0.3 is 0 Å². The summed E-state index contributed by atoms with van der Waals surface area (Å²) in [7, 11) is 1.26. The molecule has 0 spiro atoms. The zero-order valence-electron chi connectivity index (χ0n) is 18.5. The minimum atomic E-state index is -1.91. The molecule has 2 aromatic carbocycles. The van der Waals surface area contributed by atoms with Crippen LogP contribution in [0.5, 0.6) is 0 Å².